The van der Waals surface area contributed by atoms with E-state index in [-0.39, 0.29) is 16.5 Å². The van der Waals surface area contributed by atoms with Crippen molar-refractivity contribution in [2.75, 3.05) is 53.4 Å². The van der Waals surface area contributed by atoms with Crippen LogP contribution in [-0.2, 0) is 16.5 Å². The molecule has 0 saturated carbocycles. The van der Waals surface area contributed by atoms with Crippen molar-refractivity contribution in [3.05, 3.63) is 29.6 Å². The summed E-state index contributed by atoms with van der Waals surface area (Å²) in [4.78, 5) is 18.9. The van der Waals surface area contributed by atoms with Crippen molar-refractivity contribution in [2.24, 2.45) is 9.98 Å². The van der Waals surface area contributed by atoms with Gasteiger partial charge in [-0.05, 0) is 66.0 Å². The third-order valence-electron chi connectivity index (χ3n) is 4.32. The Morgan fingerprint density at radius 1 is 0.960 bits per heavy atom. The van der Waals surface area contributed by atoms with Gasteiger partial charge in [-0.15, -0.1) is 0 Å². The predicted molar refractivity (Wildman–Crippen MR) is 103 cm³/mol. The summed E-state index contributed by atoms with van der Waals surface area (Å²) in [6, 6.07) is 6.11. The Kier molecular flexibility index (Phi) is 10.1. The van der Waals surface area contributed by atoms with Crippen LogP contribution >= 0.6 is 0 Å². The first-order chi connectivity index (χ1) is 11.6. The number of nitrogens with zero attached hydrogens (tertiary/aromatic N) is 5. The fourth-order valence-electron chi connectivity index (χ4n) is 2.76. The monoisotopic (exact) mass is 387 g/mol. The first-order valence-corrected chi connectivity index (χ1v) is 8.93. The van der Waals surface area contributed by atoms with Crippen LogP contribution in [0.3, 0.4) is 0 Å². The van der Waals surface area contributed by atoms with Crippen molar-refractivity contribution >= 4 is 11.4 Å². The Bertz CT molecular complexity index is 542. The summed E-state index contributed by atoms with van der Waals surface area (Å²) in [7, 11) is 4.26. The summed E-state index contributed by atoms with van der Waals surface area (Å²) in [5.74, 6) is 0. The second kappa shape index (κ2) is 11.5. The first kappa shape index (κ1) is 21.9. The van der Waals surface area contributed by atoms with Gasteiger partial charge in [0.1, 0.15) is 0 Å². The Morgan fingerprint density at radius 2 is 1.48 bits per heavy atom. The van der Waals surface area contributed by atoms with Crippen LogP contribution in [0.4, 0.5) is 0 Å². The zero-order valence-electron chi connectivity index (χ0n) is 15.9. The minimum absolute atomic E-state index is 0. The molecule has 0 N–H and O–H groups in total. The van der Waals surface area contributed by atoms with Crippen LogP contribution in [0.15, 0.2) is 28.2 Å². The van der Waals surface area contributed by atoms with Gasteiger partial charge in [0, 0.05) is 26.2 Å². The molecule has 0 unspecified atom stereocenters. The predicted octanol–water partition coefficient (Wildman–Crippen LogP) is 2.35. The summed E-state index contributed by atoms with van der Waals surface area (Å²) >= 11 is 0. The molecule has 0 saturated heterocycles. The number of aromatic nitrogens is 1. The van der Waals surface area contributed by atoms with E-state index in [9.17, 15) is 0 Å². The number of fused-ring (bicyclic) bond motifs is 2. The van der Waals surface area contributed by atoms with Gasteiger partial charge in [0.15, 0.2) is 0 Å². The second-order valence-electron chi connectivity index (χ2n) is 6.69. The number of rotatable bonds is 3. The maximum absolute atomic E-state index is 4.72. The SMILES string of the molecule is CC1=NCCCN(CCN(C)C)CCCN=C(C)c2cccc1n2.[Ni+3]. The quantitative estimate of drug-likeness (QED) is 0.747. The standard InChI is InChI=1S/C19H31N5.Ni/c1-16-18-8-5-9-19(22-18)17(2)21-11-7-13-24(12-6-10-20-16)15-14-23(3)4;/h5,8-9H,6-7,10-15H2,1-4H3;/q;+3. The van der Waals surface area contributed by atoms with E-state index < -0.39 is 0 Å². The van der Waals surface area contributed by atoms with Gasteiger partial charge in [-0.1, -0.05) is 6.07 Å². The molecule has 1 aliphatic heterocycles. The largest absolute Gasteiger partial charge is 3.00 e. The van der Waals surface area contributed by atoms with Crippen molar-refractivity contribution in [1.29, 1.82) is 0 Å². The molecule has 6 heteroatoms. The number of pyridine rings is 1. The van der Waals surface area contributed by atoms with Crippen LogP contribution in [0.25, 0.3) is 0 Å². The molecule has 2 rings (SSSR count). The second-order valence-corrected chi connectivity index (χ2v) is 6.69. The molecule has 2 heterocycles. The fraction of sp³-hybridized carbons (Fsp3) is 0.632. The molecule has 1 aromatic heterocycles. The van der Waals surface area contributed by atoms with Gasteiger partial charge in [-0.3, -0.25) is 9.98 Å². The molecule has 0 fully saturated rings. The third-order valence-corrected chi connectivity index (χ3v) is 4.32. The van der Waals surface area contributed by atoms with Gasteiger partial charge in [0.25, 0.3) is 0 Å². The molecule has 1 radical (unpaired) electrons. The first-order valence-electron chi connectivity index (χ1n) is 8.93. The molecule has 2 bridgehead atoms. The average molecular weight is 388 g/mol. The van der Waals surface area contributed by atoms with E-state index in [4.69, 9.17) is 15.0 Å². The smallest absolute Gasteiger partial charge is 0.308 e. The molecular formula is C19H31N5Ni+3. The van der Waals surface area contributed by atoms with E-state index in [1.807, 2.05) is 32.0 Å². The molecule has 0 aliphatic carbocycles. The maximum Gasteiger partial charge on any atom is 3.00 e. The molecule has 0 spiro atoms. The van der Waals surface area contributed by atoms with Crippen molar-refractivity contribution in [2.45, 2.75) is 26.7 Å². The summed E-state index contributed by atoms with van der Waals surface area (Å²) in [6.07, 6.45) is 2.18. The van der Waals surface area contributed by atoms with Crippen molar-refractivity contribution in [1.82, 2.24) is 14.8 Å². The molecule has 0 aromatic carbocycles. The van der Waals surface area contributed by atoms with Crippen LogP contribution in [-0.4, -0.2) is 79.6 Å². The van der Waals surface area contributed by atoms with Gasteiger partial charge in [-0.2, -0.15) is 0 Å². The van der Waals surface area contributed by atoms with Crippen LogP contribution in [0.1, 0.15) is 38.1 Å². The van der Waals surface area contributed by atoms with E-state index in [2.05, 4.69) is 23.9 Å². The van der Waals surface area contributed by atoms with Gasteiger partial charge in [0.2, 0.25) is 0 Å². The molecule has 5 nitrogen and oxygen atoms in total. The van der Waals surface area contributed by atoms with Crippen molar-refractivity contribution in [3.63, 3.8) is 0 Å². The minimum Gasteiger partial charge on any atom is -0.308 e. The molecular weight excluding hydrogens is 357 g/mol. The van der Waals surface area contributed by atoms with E-state index in [0.717, 1.165) is 74.9 Å². The van der Waals surface area contributed by atoms with E-state index in [0.29, 0.717) is 0 Å². The molecule has 0 atom stereocenters. The molecule has 1 aromatic rings. The fourth-order valence-corrected chi connectivity index (χ4v) is 2.76. The molecule has 25 heavy (non-hydrogen) atoms. The summed E-state index contributed by atoms with van der Waals surface area (Å²) in [6.45, 7) is 10.2. The Hall–Kier alpha value is -1.10. The van der Waals surface area contributed by atoms with Crippen LogP contribution in [0, 0.1) is 0 Å². The number of hydrogen-bond acceptors (Lipinski definition) is 5. The Morgan fingerprint density at radius 3 is 1.96 bits per heavy atom. The van der Waals surface area contributed by atoms with Gasteiger partial charge in [-0.25, -0.2) is 4.98 Å². The van der Waals surface area contributed by atoms with Crippen molar-refractivity contribution in [3.8, 4) is 0 Å². The molecule has 0 amide bonds. The summed E-state index contributed by atoms with van der Waals surface area (Å²) < 4.78 is 0. The number of likely N-dealkylation sites (N-methyl/N-ethyl adjacent to an activating group) is 1. The Labute approximate surface area is 162 Å². The van der Waals surface area contributed by atoms with E-state index in [1.54, 1.807) is 0 Å². The van der Waals surface area contributed by atoms with Crippen LogP contribution in [0.2, 0.25) is 0 Å². The van der Waals surface area contributed by atoms with Gasteiger partial charge in [0.05, 0.1) is 22.8 Å². The minimum atomic E-state index is 0. The average Bonchev–Trinajstić information content (AvgIpc) is 2.58. The third kappa shape index (κ3) is 7.76. The van der Waals surface area contributed by atoms with Gasteiger partial charge >= 0.3 is 16.5 Å². The zero-order chi connectivity index (χ0) is 17.4. The number of hydrogen-bond donors (Lipinski definition) is 0. The summed E-state index contributed by atoms with van der Waals surface area (Å²) in [5, 5.41) is 0. The van der Waals surface area contributed by atoms with E-state index >= 15 is 0 Å². The molecule has 1 aliphatic rings. The van der Waals surface area contributed by atoms with Crippen LogP contribution < -0.4 is 0 Å². The van der Waals surface area contributed by atoms with Gasteiger partial charge < -0.3 is 9.80 Å². The zero-order valence-corrected chi connectivity index (χ0v) is 16.9. The van der Waals surface area contributed by atoms with Crippen LogP contribution in [0.5, 0.6) is 0 Å². The molecule has 139 valence electrons. The summed E-state index contributed by atoms with van der Waals surface area (Å²) in [5.41, 5.74) is 3.95. The van der Waals surface area contributed by atoms with E-state index in [1.165, 1.54) is 0 Å². The maximum atomic E-state index is 4.72. The normalized spacial score (nSPS) is 17.3. The van der Waals surface area contributed by atoms with Crippen molar-refractivity contribution < 1.29 is 16.5 Å². The topological polar surface area (TPSA) is 44.1 Å². The Balaban J connectivity index is 0.00000312. The number of aliphatic imine (C=N–C) groups is 2.